The number of nitrogen functional groups attached to an aromatic ring is 1. The van der Waals surface area contributed by atoms with Gasteiger partial charge in [-0.1, -0.05) is 18.2 Å². The molecule has 2 aromatic carbocycles. The average molecular weight is 266 g/mol. The summed E-state index contributed by atoms with van der Waals surface area (Å²) in [6, 6.07) is 12.8. The van der Waals surface area contributed by atoms with Gasteiger partial charge >= 0.3 is 0 Å². The maximum Gasteiger partial charge on any atom is 0.229 e. The Balaban J connectivity index is 2.05. The van der Waals surface area contributed by atoms with E-state index in [1.807, 2.05) is 43.3 Å². The zero-order chi connectivity index (χ0) is 14.1. The molecule has 4 N–H and O–H groups in total. The van der Waals surface area contributed by atoms with E-state index in [4.69, 9.17) is 5.73 Å². The van der Waals surface area contributed by atoms with Crippen molar-refractivity contribution in [3.05, 3.63) is 48.0 Å². The Hall–Kier alpha value is -2.82. The molecule has 0 bridgehead atoms. The molecule has 0 radical (unpaired) electrons. The van der Waals surface area contributed by atoms with E-state index in [-0.39, 0.29) is 5.75 Å². The molecule has 0 saturated heterocycles. The molecule has 1 heterocycles. The van der Waals surface area contributed by atoms with Crippen molar-refractivity contribution in [3.63, 3.8) is 0 Å². The standard InChI is InChI=1S/C15H14N4O/c1-9-6-7-13(20)12(8-9)18-15-17-11-5-3-2-4-10(11)14(16)19-15/h2-8,20H,1H3,(H3,16,17,18,19). The minimum absolute atomic E-state index is 0.144. The lowest BCUT2D eigenvalue weighted by Crippen LogP contribution is -2.01. The number of phenols is 1. The van der Waals surface area contributed by atoms with Gasteiger partial charge in [0.15, 0.2) is 0 Å². The van der Waals surface area contributed by atoms with E-state index in [1.165, 1.54) is 0 Å². The number of nitrogens with one attached hydrogen (secondary N) is 1. The fourth-order valence-corrected chi connectivity index (χ4v) is 2.03. The van der Waals surface area contributed by atoms with Crippen molar-refractivity contribution in [2.75, 3.05) is 11.1 Å². The van der Waals surface area contributed by atoms with Gasteiger partial charge < -0.3 is 16.2 Å². The van der Waals surface area contributed by atoms with Crippen LogP contribution in [0.2, 0.25) is 0 Å². The third-order valence-corrected chi connectivity index (χ3v) is 3.03. The van der Waals surface area contributed by atoms with Crippen molar-refractivity contribution in [1.82, 2.24) is 9.97 Å². The van der Waals surface area contributed by atoms with Crippen LogP contribution in [-0.2, 0) is 0 Å². The van der Waals surface area contributed by atoms with Gasteiger partial charge in [-0.05, 0) is 36.8 Å². The van der Waals surface area contributed by atoms with Crippen LogP contribution in [0.3, 0.4) is 0 Å². The Morgan fingerprint density at radius 1 is 1.10 bits per heavy atom. The van der Waals surface area contributed by atoms with E-state index in [0.29, 0.717) is 17.5 Å². The lowest BCUT2D eigenvalue weighted by molar-refractivity contribution is 0.477. The van der Waals surface area contributed by atoms with Crippen LogP contribution in [-0.4, -0.2) is 15.1 Å². The zero-order valence-corrected chi connectivity index (χ0v) is 11.0. The van der Waals surface area contributed by atoms with Crippen molar-refractivity contribution in [3.8, 4) is 5.75 Å². The maximum atomic E-state index is 9.83. The second-order valence-electron chi connectivity index (χ2n) is 4.60. The molecule has 0 aliphatic heterocycles. The first-order valence-electron chi connectivity index (χ1n) is 6.22. The van der Waals surface area contributed by atoms with Crippen LogP contribution in [0.25, 0.3) is 10.9 Å². The van der Waals surface area contributed by atoms with E-state index in [0.717, 1.165) is 16.5 Å². The summed E-state index contributed by atoms with van der Waals surface area (Å²) < 4.78 is 0. The van der Waals surface area contributed by atoms with Crippen molar-refractivity contribution in [2.24, 2.45) is 0 Å². The SMILES string of the molecule is Cc1ccc(O)c(Nc2nc(N)c3ccccc3n2)c1. The predicted molar refractivity (Wildman–Crippen MR) is 80.1 cm³/mol. The molecule has 5 nitrogen and oxygen atoms in total. The molecule has 1 aromatic heterocycles. The van der Waals surface area contributed by atoms with Gasteiger partial charge in [-0.15, -0.1) is 0 Å². The molecule has 3 aromatic rings. The Kier molecular flexibility index (Phi) is 2.87. The number of fused-ring (bicyclic) bond motifs is 1. The molecule has 0 atom stereocenters. The number of hydrogen-bond acceptors (Lipinski definition) is 5. The van der Waals surface area contributed by atoms with Gasteiger partial charge in [0.2, 0.25) is 5.95 Å². The van der Waals surface area contributed by atoms with Crippen LogP contribution >= 0.6 is 0 Å². The molecule has 0 unspecified atom stereocenters. The number of para-hydroxylation sites is 1. The van der Waals surface area contributed by atoms with Crippen molar-refractivity contribution < 1.29 is 5.11 Å². The molecule has 0 amide bonds. The first-order valence-corrected chi connectivity index (χ1v) is 6.22. The first kappa shape index (κ1) is 12.2. The summed E-state index contributed by atoms with van der Waals surface area (Å²) in [5, 5.41) is 13.6. The summed E-state index contributed by atoms with van der Waals surface area (Å²) in [6.07, 6.45) is 0. The van der Waals surface area contributed by atoms with Gasteiger partial charge in [0, 0.05) is 5.39 Å². The highest BCUT2D eigenvalue weighted by molar-refractivity contribution is 5.89. The van der Waals surface area contributed by atoms with E-state index in [2.05, 4.69) is 15.3 Å². The van der Waals surface area contributed by atoms with Crippen LogP contribution in [0.4, 0.5) is 17.5 Å². The van der Waals surface area contributed by atoms with E-state index >= 15 is 0 Å². The molecule has 0 spiro atoms. The van der Waals surface area contributed by atoms with Crippen molar-refractivity contribution >= 4 is 28.4 Å². The lowest BCUT2D eigenvalue weighted by atomic mass is 10.2. The minimum atomic E-state index is 0.144. The molecule has 0 saturated carbocycles. The predicted octanol–water partition coefficient (Wildman–Crippen LogP) is 2.97. The van der Waals surface area contributed by atoms with Crippen molar-refractivity contribution in [2.45, 2.75) is 6.92 Å². The third-order valence-electron chi connectivity index (χ3n) is 3.03. The van der Waals surface area contributed by atoms with Gasteiger partial charge in [-0.3, -0.25) is 0 Å². The number of aromatic hydroxyl groups is 1. The number of aryl methyl sites for hydroxylation is 1. The highest BCUT2D eigenvalue weighted by Gasteiger charge is 2.07. The molecule has 100 valence electrons. The molecule has 0 aliphatic carbocycles. The van der Waals surface area contributed by atoms with Gasteiger partial charge in [-0.2, -0.15) is 4.98 Å². The Morgan fingerprint density at radius 2 is 1.90 bits per heavy atom. The van der Waals surface area contributed by atoms with Gasteiger partial charge in [-0.25, -0.2) is 4.98 Å². The molecule has 0 fully saturated rings. The largest absolute Gasteiger partial charge is 0.506 e. The summed E-state index contributed by atoms with van der Waals surface area (Å²) in [4.78, 5) is 8.60. The number of nitrogens with zero attached hydrogens (tertiary/aromatic N) is 2. The number of rotatable bonds is 2. The molecular formula is C15H14N4O. The fraction of sp³-hybridized carbons (Fsp3) is 0.0667. The first-order chi connectivity index (χ1) is 9.63. The Morgan fingerprint density at radius 3 is 2.75 bits per heavy atom. The van der Waals surface area contributed by atoms with Crippen LogP contribution in [0.1, 0.15) is 5.56 Å². The summed E-state index contributed by atoms with van der Waals surface area (Å²) in [6.45, 7) is 1.94. The second-order valence-corrected chi connectivity index (χ2v) is 4.60. The number of hydrogen-bond donors (Lipinski definition) is 3. The van der Waals surface area contributed by atoms with Crippen LogP contribution in [0, 0.1) is 6.92 Å². The Bertz CT molecular complexity index is 786. The molecule has 3 rings (SSSR count). The van der Waals surface area contributed by atoms with Gasteiger partial charge in [0.25, 0.3) is 0 Å². The number of phenolic OH excluding ortho intramolecular Hbond substituents is 1. The fourth-order valence-electron chi connectivity index (χ4n) is 2.03. The summed E-state index contributed by atoms with van der Waals surface area (Å²) >= 11 is 0. The third kappa shape index (κ3) is 2.21. The summed E-state index contributed by atoms with van der Waals surface area (Å²) in [5.74, 6) is 0.915. The van der Waals surface area contributed by atoms with E-state index in [1.54, 1.807) is 6.07 Å². The maximum absolute atomic E-state index is 9.83. The quantitative estimate of drug-likeness (QED) is 0.621. The monoisotopic (exact) mass is 266 g/mol. The van der Waals surface area contributed by atoms with Gasteiger partial charge in [0.1, 0.15) is 11.6 Å². The number of nitrogens with two attached hydrogens (primary N) is 1. The highest BCUT2D eigenvalue weighted by Crippen LogP contribution is 2.27. The normalized spacial score (nSPS) is 10.7. The molecule has 0 aliphatic rings. The molecule has 20 heavy (non-hydrogen) atoms. The van der Waals surface area contributed by atoms with Crippen LogP contribution in [0.5, 0.6) is 5.75 Å². The zero-order valence-electron chi connectivity index (χ0n) is 11.0. The number of anilines is 3. The van der Waals surface area contributed by atoms with Crippen LogP contribution in [0.15, 0.2) is 42.5 Å². The topological polar surface area (TPSA) is 84.1 Å². The number of benzene rings is 2. The van der Waals surface area contributed by atoms with Crippen LogP contribution < -0.4 is 11.1 Å². The average Bonchev–Trinajstić information content (AvgIpc) is 2.43. The number of aromatic nitrogens is 2. The van der Waals surface area contributed by atoms with Gasteiger partial charge in [0.05, 0.1) is 11.2 Å². The second kappa shape index (κ2) is 4.70. The molecule has 5 heteroatoms. The lowest BCUT2D eigenvalue weighted by Gasteiger charge is -2.09. The molecular weight excluding hydrogens is 252 g/mol. The van der Waals surface area contributed by atoms with E-state index in [9.17, 15) is 5.11 Å². The summed E-state index contributed by atoms with van der Waals surface area (Å²) in [5.41, 5.74) is 8.27. The Labute approximate surface area is 116 Å². The minimum Gasteiger partial charge on any atom is -0.506 e. The van der Waals surface area contributed by atoms with Crippen molar-refractivity contribution in [1.29, 1.82) is 0 Å². The smallest absolute Gasteiger partial charge is 0.229 e. The highest BCUT2D eigenvalue weighted by atomic mass is 16.3. The summed E-state index contributed by atoms with van der Waals surface area (Å²) in [7, 11) is 0. The van der Waals surface area contributed by atoms with E-state index < -0.39 is 0 Å².